The second-order valence-corrected chi connectivity index (χ2v) is 7.80. The molecule has 1 aromatic carbocycles. The van der Waals surface area contributed by atoms with Crippen LogP contribution in [-0.4, -0.2) is 24.4 Å². The molecule has 0 unspecified atom stereocenters. The fraction of sp³-hybridized carbons (Fsp3) is 0.333. The number of nitrogens with zero attached hydrogens (tertiary/aromatic N) is 4. The first-order chi connectivity index (χ1) is 11.8. The zero-order valence-electron chi connectivity index (χ0n) is 14.9. The Balaban J connectivity index is 2.46. The number of hydrogen-bond donors (Lipinski definition) is 0. The van der Waals surface area contributed by atoms with Crippen LogP contribution in [0.15, 0.2) is 38.9 Å². The highest BCUT2D eigenvalue weighted by molar-refractivity contribution is 8.00. The maximum atomic E-state index is 12.7. The van der Waals surface area contributed by atoms with Crippen molar-refractivity contribution in [3.8, 4) is 11.4 Å². The fourth-order valence-corrected chi connectivity index (χ4v) is 3.56. The van der Waals surface area contributed by atoms with Gasteiger partial charge in [-0.15, -0.1) is 11.8 Å². The van der Waals surface area contributed by atoms with E-state index in [1.165, 1.54) is 23.4 Å². The fourth-order valence-electron chi connectivity index (χ4n) is 2.68. The minimum absolute atomic E-state index is 0.241. The second-order valence-electron chi connectivity index (χ2n) is 6.24. The summed E-state index contributed by atoms with van der Waals surface area (Å²) in [5.74, 6) is 0.525. The number of aromatic nitrogens is 4. The molecule has 25 heavy (non-hydrogen) atoms. The molecule has 0 aliphatic rings. The van der Waals surface area contributed by atoms with Gasteiger partial charge in [-0.2, -0.15) is 0 Å². The molecule has 0 amide bonds. The Labute approximate surface area is 149 Å². The molecule has 7 heteroatoms. The molecule has 0 spiro atoms. The van der Waals surface area contributed by atoms with Gasteiger partial charge < -0.3 is 0 Å². The van der Waals surface area contributed by atoms with Crippen LogP contribution in [0.2, 0.25) is 0 Å². The van der Waals surface area contributed by atoms with Gasteiger partial charge >= 0.3 is 5.69 Å². The van der Waals surface area contributed by atoms with Crippen molar-refractivity contribution in [2.75, 3.05) is 0 Å². The van der Waals surface area contributed by atoms with Crippen LogP contribution in [0.1, 0.15) is 19.4 Å². The monoisotopic (exact) mass is 356 g/mol. The van der Waals surface area contributed by atoms with Crippen LogP contribution in [0.4, 0.5) is 0 Å². The molecule has 0 aliphatic heterocycles. The van der Waals surface area contributed by atoms with Crippen molar-refractivity contribution in [3.63, 3.8) is 0 Å². The third-order valence-electron chi connectivity index (χ3n) is 4.00. The highest BCUT2D eigenvalue weighted by Gasteiger charge is 2.19. The van der Waals surface area contributed by atoms with Crippen LogP contribution >= 0.6 is 11.8 Å². The molecule has 0 saturated carbocycles. The molecule has 0 radical (unpaired) electrons. The highest BCUT2D eigenvalue weighted by Crippen LogP contribution is 2.29. The van der Waals surface area contributed by atoms with Crippen LogP contribution in [0.5, 0.6) is 0 Å². The standard InChI is InChI=1S/C18H20N4O2S/c1-10(2)25-16-13-15(21(4)18(24)22(5)17(13)23)19-14(20-16)12-9-7-6-8-11(12)3/h6-10H,1-5H3. The first-order valence-corrected chi connectivity index (χ1v) is 8.89. The van der Waals surface area contributed by atoms with E-state index < -0.39 is 5.69 Å². The summed E-state index contributed by atoms with van der Waals surface area (Å²) >= 11 is 1.50. The van der Waals surface area contributed by atoms with Crippen molar-refractivity contribution in [3.05, 3.63) is 50.7 Å². The first kappa shape index (κ1) is 17.4. The molecule has 3 aromatic rings. The van der Waals surface area contributed by atoms with Gasteiger partial charge in [-0.3, -0.25) is 13.9 Å². The summed E-state index contributed by atoms with van der Waals surface area (Å²) in [4.78, 5) is 34.2. The van der Waals surface area contributed by atoms with Gasteiger partial charge in [-0.05, 0) is 12.5 Å². The Morgan fingerprint density at radius 1 is 1.04 bits per heavy atom. The number of fused-ring (bicyclic) bond motifs is 1. The average molecular weight is 356 g/mol. The molecule has 0 saturated heterocycles. The minimum atomic E-state index is -0.396. The van der Waals surface area contributed by atoms with Crippen LogP contribution in [0, 0.1) is 6.92 Å². The van der Waals surface area contributed by atoms with E-state index in [0.29, 0.717) is 21.9 Å². The zero-order valence-corrected chi connectivity index (χ0v) is 15.7. The second kappa shape index (κ2) is 6.48. The van der Waals surface area contributed by atoms with Crippen molar-refractivity contribution in [1.29, 1.82) is 0 Å². The SMILES string of the molecule is Cc1ccccc1-c1nc(SC(C)C)c2c(=O)n(C)c(=O)n(C)c2n1. The summed E-state index contributed by atoms with van der Waals surface area (Å²) < 4.78 is 2.51. The third kappa shape index (κ3) is 3.00. The Morgan fingerprint density at radius 2 is 1.72 bits per heavy atom. The molecule has 0 bridgehead atoms. The van der Waals surface area contributed by atoms with Crippen molar-refractivity contribution in [1.82, 2.24) is 19.1 Å². The number of aryl methyl sites for hydroxylation is 2. The largest absolute Gasteiger partial charge is 0.332 e. The van der Waals surface area contributed by atoms with Gasteiger partial charge in [-0.25, -0.2) is 14.8 Å². The van der Waals surface area contributed by atoms with E-state index >= 15 is 0 Å². The molecule has 0 N–H and O–H groups in total. The summed E-state index contributed by atoms with van der Waals surface area (Å²) in [6.07, 6.45) is 0. The Hall–Kier alpha value is -2.41. The number of thioether (sulfide) groups is 1. The molecule has 3 rings (SSSR count). The van der Waals surface area contributed by atoms with Gasteiger partial charge in [0, 0.05) is 24.9 Å². The van der Waals surface area contributed by atoms with Crippen LogP contribution in [-0.2, 0) is 14.1 Å². The Kier molecular flexibility index (Phi) is 4.51. The van der Waals surface area contributed by atoms with Gasteiger partial charge in [0.15, 0.2) is 11.5 Å². The minimum Gasteiger partial charge on any atom is -0.280 e. The number of hydrogen-bond acceptors (Lipinski definition) is 5. The van der Waals surface area contributed by atoms with Gasteiger partial charge in [0.25, 0.3) is 5.56 Å². The predicted molar refractivity (Wildman–Crippen MR) is 101 cm³/mol. The number of rotatable bonds is 3. The summed E-state index contributed by atoms with van der Waals surface area (Å²) in [7, 11) is 3.10. The van der Waals surface area contributed by atoms with E-state index in [9.17, 15) is 9.59 Å². The van der Waals surface area contributed by atoms with E-state index in [1.54, 1.807) is 7.05 Å². The van der Waals surface area contributed by atoms with Crippen molar-refractivity contribution in [2.24, 2.45) is 14.1 Å². The first-order valence-electron chi connectivity index (χ1n) is 8.01. The molecule has 0 aliphatic carbocycles. The van der Waals surface area contributed by atoms with Crippen LogP contribution in [0.25, 0.3) is 22.4 Å². The Morgan fingerprint density at radius 3 is 2.36 bits per heavy atom. The molecule has 2 heterocycles. The molecular weight excluding hydrogens is 336 g/mol. The highest BCUT2D eigenvalue weighted by atomic mass is 32.2. The molecule has 6 nitrogen and oxygen atoms in total. The summed E-state index contributed by atoms with van der Waals surface area (Å²) in [6, 6.07) is 7.81. The van der Waals surface area contributed by atoms with Crippen molar-refractivity contribution >= 4 is 22.8 Å². The maximum absolute atomic E-state index is 12.7. The topological polar surface area (TPSA) is 69.8 Å². The molecule has 0 atom stereocenters. The van der Waals surface area contributed by atoms with Crippen LogP contribution in [0.3, 0.4) is 0 Å². The molecule has 0 fully saturated rings. The Bertz CT molecular complexity index is 1080. The lowest BCUT2D eigenvalue weighted by Crippen LogP contribution is -2.37. The van der Waals surface area contributed by atoms with Gasteiger partial charge in [0.1, 0.15) is 10.4 Å². The van der Waals surface area contributed by atoms with Gasteiger partial charge in [-0.1, -0.05) is 38.1 Å². The number of benzene rings is 1. The van der Waals surface area contributed by atoms with Gasteiger partial charge in [0.2, 0.25) is 0 Å². The van der Waals surface area contributed by atoms with E-state index in [0.717, 1.165) is 15.7 Å². The summed E-state index contributed by atoms with van der Waals surface area (Å²) in [5.41, 5.74) is 1.54. The lowest BCUT2D eigenvalue weighted by atomic mass is 10.1. The van der Waals surface area contributed by atoms with Crippen molar-refractivity contribution < 1.29 is 0 Å². The molecule has 2 aromatic heterocycles. The van der Waals surface area contributed by atoms with Gasteiger partial charge in [0.05, 0.1) is 0 Å². The van der Waals surface area contributed by atoms with E-state index in [2.05, 4.69) is 9.97 Å². The van der Waals surface area contributed by atoms with E-state index in [4.69, 9.17) is 0 Å². The predicted octanol–water partition coefficient (Wildman–Crippen LogP) is 2.50. The molecular formula is C18H20N4O2S. The zero-order chi connectivity index (χ0) is 18.3. The summed E-state index contributed by atoms with van der Waals surface area (Å²) in [5, 5.41) is 1.24. The third-order valence-corrected chi connectivity index (χ3v) is 4.99. The summed E-state index contributed by atoms with van der Waals surface area (Å²) in [6.45, 7) is 6.07. The van der Waals surface area contributed by atoms with E-state index in [-0.39, 0.29) is 10.8 Å². The normalized spacial score (nSPS) is 11.4. The smallest absolute Gasteiger partial charge is 0.280 e. The quantitative estimate of drug-likeness (QED) is 0.533. The van der Waals surface area contributed by atoms with E-state index in [1.807, 2.05) is 45.0 Å². The lowest BCUT2D eigenvalue weighted by Gasteiger charge is -2.13. The lowest BCUT2D eigenvalue weighted by molar-refractivity contribution is 0.703. The van der Waals surface area contributed by atoms with Crippen molar-refractivity contribution in [2.45, 2.75) is 31.0 Å². The average Bonchev–Trinajstić information content (AvgIpc) is 2.57. The molecule has 130 valence electrons. The maximum Gasteiger partial charge on any atom is 0.332 e. The van der Waals surface area contributed by atoms with Crippen LogP contribution < -0.4 is 11.2 Å².